The Bertz CT molecular complexity index is 454. The number of imide groups is 1. The van der Waals surface area contributed by atoms with E-state index >= 15 is 0 Å². The van der Waals surface area contributed by atoms with Gasteiger partial charge in [-0.05, 0) is 12.1 Å². The van der Waals surface area contributed by atoms with E-state index < -0.39 is 0 Å². The summed E-state index contributed by atoms with van der Waals surface area (Å²) in [6, 6.07) is 9.16. The molecule has 2 aliphatic heterocycles. The van der Waals surface area contributed by atoms with Crippen molar-refractivity contribution in [1.29, 1.82) is 0 Å². The molecule has 2 fully saturated rings. The zero-order chi connectivity index (χ0) is 11.8. The highest BCUT2D eigenvalue weighted by Gasteiger charge is 2.41. The number of carbonyl (C=O) groups is 2. The molecule has 2 aliphatic rings. The lowest BCUT2D eigenvalue weighted by molar-refractivity contribution is -0.122. The number of hydrogen-bond donors (Lipinski definition) is 0. The summed E-state index contributed by atoms with van der Waals surface area (Å²) >= 11 is 0. The normalized spacial score (nSPS) is 24.5. The number of nitrogens with zero attached hydrogens (tertiary/aromatic N) is 2. The van der Waals surface area contributed by atoms with E-state index in [4.69, 9.17) is 0 Å². The van der Waals surface area contributed by atoms with Crippen LogP contribution in [0.3, 0.4) is 0 Å². The van der Waals surface area contributed by atoms with Gasteiger partial charge in [0.05, 0.1) is 11.6 Å². The van der Waals surface area contributed by atoms with Gasteiger partial charge in [-0.15, -0.1) is 0 Å². The van der Waals surface area contributed by atoms with Crippen LogP contribution >= 0.6 is 0 Å². The Morgan fingerprint density at radius 1 is 1.12 bits per heavy atom. The summed E-state index contributed by atoms with van der Waals surface area (Å²) in [5.41, 5.74) is 0.691. The molecule has 1 aromatic rings. The van der Waals surface area contributed by atoms with Crippen molar-refractivity contribution in [3.63, 3.8) is 0 Å². The second kappa shape index (κ2) is 3.96. The molecule has 1 aromatic carbocycles. The first-order valence-corrected chi connectivity index (χ1v) is 5.90. The molecule has 4 nitrogen and oxygen atoms in total. The predicted molar refractivity (Wildman–Crippen MR) is 63.5 cm³/mol. The number of hydrogen-bond acceptors (Lipinski definition) is 3. The molecule has 2 heterocycles. The van der Waals surface area contributed by atoms with Crippen molar-refractivity contribution in [3.05, 3.63) is 30.3 Å². The lowest BCUT2D eigenvalue weighted by atomic mass is 10.1. The molecule has 1 unspecified atom stereocenters. The molecular weight excluding hydrogens is 216 g/mol. The molecule has 0 saturated carbocycles. The largest absolute Gasteiger partial charge is 0.300 e. The Hall–Kier alpha value is -1.68. The maximum Gasteiger partial charge on any atom is 0.238 e. The van der Waals surface area contributed by atoms with Crippen molar-refractivity contribution in [2.45, 2.75) is 6.42 Å². The van der Waals surface area contributed by atoms with Crippen LogP contribution in [0.2, 0.25) is 0 Å². The molecular formula is C13H14N2O2. The summed E-state index contributed by atoms with van der Waals surface area (Å²) in [4.78, 5) is 27.6. The summed E-state index contributed by atoms with van der Waals surface area (Å²) < 4.78 is 0. The number of rotatable bonds is 3. The van der Waals surface area contributed by atoms with Crippen LogP contribution in [0.25, 0.3) is 0 Å². The van der Waals surface area contributed by atoms with Crippen LogP contribution in [0.1, 0.15) is 6.42 Å². The van der Waals surface area contributed by atoms with E-state index in [1.54, 1.807) is 12.1 Å². The van der Waals surface area contributed by atoms with Gasteiger partial charge >= 0.3 is 0 Å². The van der Waals surface area contributed by atoms with E-state index in [2.05, 4.69) is 4.90 Å². The average Bonchev–Trinajstić information content (AvgIpc) is 3.09. The number of carbonyl (C=O) groups excluding carboxylic acids is 2. The maximum atomic E-state index is 12.2. The van der Waals surface area contributed by atoms with Crippen LogP contribution in [-0.4, -0.2) is 36.3 Å². The van der Waals surface area contributed by atoms with Crippen LogP contribution in [0, 0.1) is 5.92 Å². The summed E-state index contributed by atoms with van der Waals surface area (Å²) in [5.74, 6) is -0.272. The zero-order valence-corrected chi connectivity index (χ0v) is 9.50. The summed E-state index contributed by atoms with van der Waals surface area (Å²) in [5, 5.41) is 0. The Labute approximate surface area is 99.8 Å². The molecule has 0 N–H and O–H groups in total. The van der Waals surface area contributed by atoms with Crippen molar-refractivity contribution in [2.75, 3.05) is 24.5 Å². The average molecular weight is 230 g/mol. The lowest BCUT2D eigenvalue weighted by Gasteiger charge is -2.14. The minimum absolute atomic E-state index is 0.0481. The molecule has 0 aliphatic carbocycles. The fraction of sp³-hybridized carbons (Fsp3) is 0.385. The predicted octanol–water partition coefficient (Wildman–Crippen LogP) is 0.882. The standard InChI is InChI=1S/C13H14N2O2/c16-12-8-10(9-14-6-7-14)13(17)15(12)11-4-2-1-3-5-11/h1-5,10H,6-9H2. The lowest BCUT2D eigenvalue weighted by Crippen LogP contribution is -2.31. The Morgan fingerprint density at radius 3 is 2.47 bits per heavy atom. The SMILES string of the molecule is O=C1CC(CN2CC2)C(=O)N1c1ccccc1. The van der Waals surface area contributed by atoms with Crippen LogP contribution in [-0.2, 0) is 9.59 Å². The van der Waals surface area contributed by atoms with E-state index in [9.17, 15) is 9.59 Å². The molecule has 0 bridgehead atoms. The molecule has 0 spiro atoms. The molecule has 2 amide bonds. The van der Waals surface area contributed by atoms with Crippen LogP contribution in [0.15, 0.2) is 30.3 Å². The molecule has 3 rings (SSSR count). The fourth-order valence-corrected chi connectivity index (χ4v) is 2.25. The van der Waals surface area contributed by atoms with Gasteiger partial charge in [-0.25, -0.2) is 0 Å². The number of amides is 2. The quantitative estimate of drug-likeness (QED) is 0.571. The van der Waals surface area contributed by atoms with E-state index in [1.807, 2.05) is 18.2 Å². The Morgan fingerprint density at radius 2 is 1.82 bits per heavy atom. The first-order valence-electron chi connectivity index (χ1n) is 5.90. The zero-order valence-electron chi connectivity index (χ0n) is 9.50. The second-order valence-corrected chi connectivity index (χ2v) is 4.60. The molecule has 0 aromatic heterocycles. The van der Waals surface area contributed by atoms with Crippen LogP contribution in [0.5, 0.6) is 0 Å². The van der Waals surface area contributed by atoms with Gasteiger partial charge in [0, 0.05) is 26.1 Å². The van der Waals surface area contributed by atoms with Gasteiger partial charge in [0.2, 0.25) is 11.8 Å². The van der Waals surface area contributed by atoms with Crippen LogP contribution in [0.4, 0.5) is 5.69 Å². The van der Waals surface area contributed by atoms with Gasteiger partial charge in [-0.1, -0.05) is 18.2 Å². The van der Waals surface area contributed by atoms with Gasteiger partial charge in [0.25, 0.3) is 0 Å². The van der Waals surface area contributed by atoms with Gasteiger partial charge in [0.1, 0.15) is 0 Å². The highest BCUT2D eigenvalue weighted by molar-refractivity contribution is 6.21. The number of benzene rings is 1. The third-order valence-corrected chi connectivity index (χ3v) is 3.27. The Kier molecular flexibility index (Phi) is 2.44. The van der Waals surface area contributed by atoms with Crippen molar-refractivity contribution in [3.8, 4) is 0 Å². The smallest absolute Gasteiger partial charge is 0.238 e. The van der Waals surface area contributed by atoms with Crippen molar-refractivity contribution in [2.24, 2.45) is 5.92 Å². The fourth-order valence-electron chi connectivity index (χ4n) is 2.25. The number of para-hydroxylation sites is 1. The van der Waals surface area contributed by atoms with Gasteiger partial charge in [-0.2, -0.15) is 0 Å². The minimum atomic E-state index is -0.148. The highest BCUT2D eigenvalue weighted by Crippen LogP contribution is 2.27. The van der Waals surface area contributed by atoms with Crippen molar-refractivity contribution < 1.29 is 9.59 Å². The van der Waals surface area contributed by atoms with Gasteiger partial charge < -0.3 is 0 Å². The summed E-state index contributed by atoms with van der Waals surface area (Å²) in [6.45, 7) is 2.85. The third-order valence-electron chi connectivity index (χ3n) is 3.27. The molecule has 0 radical (unpaired) electrons. The topological polar surface area (TPSA) is 40.4 Å². The first-order chi connectivity index (χ1) is 8.25. The van der Waals surface area contributed by atoms with E-state index in [0.29, 0.717) is 12.1 Å². The van der Waals surface area contributed by atoms with Crippen molar-refractivity contribution in [1.82, 2.24) is 4.90 Å². The summed E-state index contributed by atoms with van der Waals surface area (Å²) in [6.07, 6.45) is 0.351. The van der Waals surface area contributed by atoms with Crippen LogP contribution < -0.4 is 4.90 Å². The van der Waals surface area contributed by atoms with Gasteiger partial charge in [0.15, 0.2) is 0 Å². The molecule has 2 saturated heterocycles. The van der Waals surface area contributed by atoms with E-state index in [1.165, 1.54) is 4.90 Å². The monoisotopic (exact) mass is 230 g/mol. The maximum absolute atomic E-state index is 12.2. The van der Waals surface area contributed by atoms with E-state index in [-0.39, 0.29) is 17.7 Å². The molecule has 88 valence electrons. The minimum Gasteiger partial charge on any atom is -0.300 e. The molecule has 1 atom stereocenters. The highest BCUT2D eigenvalue weighted by atomic mass is 16.2. The number of anilines is 1. The van der Waals surface area contributed by atoms with Gasteiger partial charge in [-0.3, -0.25) is 19.4 Å². The Balaban J connectivity index is 1.81. The third kappa shape index (κ3) is 1.96. The first kappa shape index (κ1) is 10.5. The second-order valence-electron chi connectivity index (χ2n) is 4.60. The van der Waals surface area contributed by atoms with Crippen molar-refractivity contribution >= 4 is 17.5 Å². The summed E-state index contributed by atoms with van der Waals surface area (Å²) in [7, 11) is 0. The molecule has 4 heteroatoms. The molecule has 17 heavy (non-hydrogen) atoms. The van der Waals surface area contributed by atoms with E-state index in [0.717, 1.165) is 19.6 Å².